The minimum Gasteiger partial charge on any atom is -0.393 e. The van der Waals surface area contributed by atoms with Gasteiger partial charge in [0.05, 0.1) is 11.6 Å². The quantitative estimate of drug-likeness (QED) is 0.785. The summed E-state index contributed by atoms with van der Waals surface area (Å²) in [5.41, 5.74) is 1.27. The molecule has 0 aliphatic carbocycles. The minimum atomic E-state index is -0.333. The average molecular weight is 324 g/mol. The summed E-state index contributed by atoms with van der Waals surface area (Å²) in [5, 5.41) is 10.4. The van der Waals surface area contributed by atoms with Crippen LogP contribution in [0.4, 0.5) is 10.2 Å². The Bertz CT molecular complexity index is 878. The van der Waals surface area contributed by atoms with Crippen molar-refractivity contribution in [2.45, 2.75) is 18.9 Å². The molecule has 0 atom stereocenters. The Kier molecular flexibility index (Phi) is 3.82. The number of benzene rings is 1. The number of hydrogen-bond donors (Lipinski definition) is 1. The Morgan fingerprint density at radius 1 is 1.08 bits per heavy atom. The van der Waals surface area contributed by atoms with Gasteiger partial charge in [-0.25, -0.2) is 14.4 Å². The summed E-state index contributed by atoms with van der Waals surface area (Å²) in [5.74, 6) is 0.919. The predicted molar refractivity (Wildman–Crippen MR) is 90.2 cm³/mol. The van der Waals surface area contributed by atoms with E-state index in [0.717, 1.165) is 37.1 Å². The van der Waals surface area contributed by atoms with Gasteiger partial charge in [0, 0.05) is 36.4 Å². The van der Waals surface area contributed by atoms with E-state index in [1.807, 2.05) is 12.1 Å². The van der Waals surface area contributed by atoms with Crippen molar-refractivity contribution in [1.82, 2.24) is 15.0 Å². The number of hydrogen-bond acceptors (Lipinski definition) is 5. The van der Waals surface area contributed by atoms with Crippen molar-refractivity contribution in [2.75, 3.05) is 18.0 Å². The number of rotatable bonds is 2. The largest absolute Gasteiger partial charge is 0.393 e. The molecule has 1 aliphatic rings. The number of aliphatic hydroxyl groups is 1. The number of nitrogens with zero attached hydrogens (tertiary/aromatic N) is 4. The van der Waals surface area contributed by atoms with Crippen LogP contribution < -0.4 is 4.90 Å². The summed E-state index contributed by atoms with van der Waals surface area (Å²) in [4.78, 5) is 15.4. The van der Waals surface area contributed by atoms with Crippen molar-refractivity contribution >= 4 is 16.7 Å². The van der Waals surface area contributed by atoms with Gasteiger partial charge in [0.15, 0.2) is 5.82 Å². The van der Waals surface area contributed by atoms with Crippen molar-refractivity contribution in [1.29, 1.82) is 0 Å². The first-order valence-electron chi connectivity index (χ1n) is 8.01. The monoisotopic (exact) mass is 324 g/mol. The summed E-state index contributed by atoms with van der Waals surface area (Å²) < 4.78 is 14.0. The molecule has 3 heterocycles. The standard InChI is InChI=1S/C18H17FN4O/c19-13-10-12-2-1-6-20-17(12)15(11-13)18-21-7-3-16(22-18)23-8-4-14(24)5-9-23/h1-3,6-7,10-11,14,24H,4-5,8-9H2. The topological polar surface area (TPSA) is 62.1 Å². The highest BCUT2D eigenvalue weighted by molar-refractivity contribution is 5.91. The Morgan fingerprint density at radius 2 is 1.92 bits per heavy atom. The molecule has 0 amide bonds. The van der Waals surface area contributed by atoms with Crippen LogP contribution in [0.1, 0.15) is 12.8 Å². The van der Waals surface area contributed by atoms with Gasteiger partial charge in [0.2, 0.25) is 0 Å². The Morgan fingerprint density at radius 3 is 2.75 bits per heavy atom. The van der Waals surface area contributed by atoms with E-state index in [0.29, 0.717) is 16.9 Å². The summed E-state index contributed by atoms with van der Waals surface area (Å²) in [6, 6.07) is 8.33. The molecular weight excluding hydrogens is 307 g/mol. The third-order valence-corrected chi connectivity index (χ3v) is 4.34. The molecule has 1 saturated heterocycles. The number of aliphatic hydroxyl groups excluding tert-OH is 1. The summed E-state index contributed by atoms with van der Waals surface area (Å²) >= 11 is 0. The van der Waals surface area contributed by atoms with E-state index in [1.165, 1.54) is 12.1 Å². The lowest BCUT2D eigenvalue weighted by atomic mass is 10.1. The predicted octanol–water partition coefficient (Wildman–Crippen LogP) is 2.79. The highest BCUT2D eigenvalue weighted by Gasteiger charge is 2.19. The van der Waals surface area contributed by atoms with Gasteiger partial charge < -0.3 is 10.0 Å². The fraction of sp³-hybridized carbons (Fsp3) is 0.278. The van der Waals surface area contributed by atoms with E-state index >= 15 is 0 Å². The van der Waals surface area contributed by atoms with Crippen LogP contribution in [0.2, 0.25) is 0 Å². The van der Waals surface area contributed by atoms with Crippen LogP contribution in [0.5, 0.6) is 0 Å². The van der Waals surface area contributed by atoms with Crippen molar-refractivity contribution in [3.63, 3.8) is 0 Å². The molecule has 3 aromatic rings. The Balaban J connectivity index is 1.76. The highest BCUT2D eigenvalue weighted by Crippen LogP contribution is 2.27. The molecular formula is C18H17FN4O. The molecule has 2 aromatic heterocycles. The van der Waals surface area contributed by atoms with Gasteiger partial charge in [-0.3, -0.25) is 4.98 Å². The van der Waals surface area contributed by atoms with Crippen LogP contribution in [-0.2, 0) is 0 Å². The average Bonchev–Trinajstić information content (AvgIpc) is 2.62. The van der Waals surface area contributed by atoms with E-state index in [1.54, 1.807) is 18.5 Å². The van der Waals surface area contributed by atoms with E-state index in [-0.39, 0.29) is 11.9 Å². The van der Waals surface area contributed by atoms with Crippen molar-refractivity contribution < 1.29 is 9.50 Å². The van der Waals surface area contributed by atoms with Gasteiger partial charge in [-0.2, -0.15) is 0 Å². The zero-order valence-corrected chi connectivity index (χ0v) is 13.1. The SMILES string of the molecule is OC1CCN(c2ccnc(-c3cc(F)cc4cccnc34)n2)CC1. The molecule has 1 fully saturated rings. The van der Waals surface area contributed by atoms with Crippen LogP contribution in [0.3, 0.4) is 0 Å². The summed E-state index contributed by atoms with van der Waals surface area (Å²) in [6.45, 7) is 1.50. The van der Waals surface area contributed by atoms with Gasteiger partial charge in [-0.05, 0) is 37.1 Å². The van der Waals surface area contributed by atoms with Crippen LogP contribution in [0.15, 0.2) is 42.7 Å². The molecule has 1 aliphatic heterocycles. The molecule has 4 rings (SSSR count). The lowest BCUT2D eigenvalue weighted by Crippen LogP contribution is -2.36. The van der Waals surface area contributed by atoms with Crippen LogP contribution in [0.25, 0.3) is 22.3 Å². The van der Waals surface area contributed by atoms with Crippen LogP contribution >= 0.6 is 0 Å². The number of halogens is 1. The molecule has 122 valence electrons. The molecule has 6 heteroatoms. The molecule has 0 bridgehead atoms. The maximum absolute atomic E-state index is 14.0. The van der Waals surface area contributed by atoms with E-state index in [4.69, 9.17) is 0 Å². The number of aromatic nitrogens is 3. The first-order valence-corrected chi connectivity index (χ1v) is 8.01. The number of anilines is 1. The molecule has 0 spiro atoms. The van der Waals surface area contributed by atoms with Crippen molar-refractivity contribution in [2.24, 2.45) is 0 Å². The lowest BCUT2D eigenvalue weighted by Gasteiger charge is -2.30. The smallest absolute Gasteiger partial charge is 0.163 e. The normalized spacial score (nSPS) is 15.8. The number of fused-ring (bicyclic) bond motifs is 1. The second-order valence-corrected chi connectivity index (χ2v) is 5.99. The first kappa shape index (κ1) is 15.0. The second-order valence-electron chi connectivity index (χ2n) is 5.99. The summed E-state index contributed by atoms with van der Waals surface area (Å²) in [6.07, 6.45) is 4.58. The lowest BCUT2D eigenvalue weighted by molar-refractivity contribution is 0.145. The zero-order valence-electron chi connectivity index (χ0n) is 13.1. The number of pyridine rings is 1. The zero-order chi connectivity index (χ0) is 16.5. The fourth-order valence-electron chi connectivity index (χ4n) is 3.08. The molecule has 1 N–H and O–H groups in total. The summed E-state index contributed by atoms with van der Waals surface area (Å²) in [7, 11) is 0. The second kappa shape index (κ2) is 6.13. The maximum atomic E-state index is 14.0. The first-order chi connectivity index (χ1) is 11.7. The molecule has 0 saturated carbocycles. The van der Waals surface area contributed by atoms with E-state index < -0.39 is 0 Å². The minimum absolute atomic E-state index is 0.237. The van der Waals surface area contributed by atoms with Gasteiger partial charge >= 0.3 is 0 Å². The van der Waals surface area contributed by atoms with Gasteiger partial charge in [0.1, 0.15) is 11.6 Å². The third kappa shape index (κ3) is 2.80. The Labute approximate surface area is 138 Å². The van der Waals surface area contributed by atoms with E-state index in [2.05, 4.69) is 19.9 Å². The molecule has 0 radical (unpaired) electrons. The van der Waals surface area contributed by atoms with E-state index in [9.17, 15) is 9.50 Å². The molecule has 5 nitrogen and oxygen atoms in total. The van der Waals surface area contributed by atoms with Gasteiger partial charge in [-0.1, -0.05) is 6.07 Å². The third-order valence-electron chi connectivity index (χ3n) is 4.34. The van der Waals surface area contributed by atoms with Crippen molar-refractivity contribution in [3.8, 4) is 11.4 Å². The molecule has 0 unspecified atom stereocenters. The van der Waals surface area contributed by atoms with Crippen LogP contribution in [0, 0.1) is 5.82 Å². The molecule has 1 aromatic carbocycles. The van der Waals surface area contributed by atoms with Crippen molar-refractivity contribution in [3.05, 3.63) is 48.5 Å². The highest BCUT2D eigenvalue weighted by atomic mass is 19.1. The Hall–Kier alpha value is -2.60. The van der Waals surface area contributed by atoms with Gasteiger partial charge in [-0.15, -0.1) is 0 Å². The maximum Gasteiger partial charge on any atom is 0.163 e. The molecule has 24 heavy (non-hydrogen) atoms. The number of piperidine rings is 1. The van der Waals surface area contributed by atoms with Crippen LogP contribution in [-0.4, -0.2) is 39.3 Å². The van der Waals surface area contributed by atoms with Gasteiger partial charge in [0.25, 0.3) is 0 Å². The fourth-order valence-corrected chi connectivity index (χ4v) is 3.08.